The van der Waals surface area contributed by atoms with Gasteiger partial charge in [0.15, 0.2) is 11.5 Å². The summed E-state index contributed by atoms with van der Waals surface area (Å²) in [5, 5.41) is 3.30. The maximum Gasteiger partial charge on any atom is 0.231 e. The van der Waals surface area contributed by atoms with Crippen LogP contribution < -0.4 is 14.8 Å². The molecule has 0 aliphatic carbocycles. The molecule has 0 atom stereocenters. The van der Waals surface area contributed by atoms with E-state index in [-0.39, 0.29) is 0 Å². The molecule has 1 aliphatic rings. The smallest absolute Gasteiger partial charge is 0.231 e. The van der Waals surface area contributed by atoms with Gasteiger partial charge in [-0.15, -0.1) is 0 Å². The van der Waals surface area contributed by atoms with E-state index >= 15 is 0 Å². The van der Waals surface area contributed by atoms with Crippen molar-refractivity contribution in [3.8, 4) is 11.5 Å². The number of fused-ring (bicyclic) bond motifs is 1. The molecule has 1 aromatic heterocycles. The average Bonchev–Trinajstić information content (AvgIpc) is 2.99. The molecule has 17 heavy (non-hydrogen) atoms. The lowest BCUT2D eigenvalue weighted by Gasteiger charge is -2.06. The van der Waals surface area contributed by atoms with E-state index in [9.17, 15) is 0 Å². The minimum Gasteiger partial charge on any atom is -0.468 e. The minimum atomic E-state index is 0.310. The van der Waals surface area contributed by atoms with Crippen LogP contribution in [0, 0.1) is 0 Å². The first kappa shape index (κ1) is 10.2. The van der Waals surface area contributed by atoms with Gasteiger partial charge >= 0.3 is 0 Å². The van der Waals surface area contributed by atoms with Gasteiger partial charge in [-0.05, 0) is 18.2 Å². The molecule has 1 N–H and O–H groups in total. The molecule has 0 amide bonds. The summed E-state index contributed by atoms with van der Waals surface area (Å²) < 4.78 is 16.0. The van der Waals surface area contributed by atoms with E-state index in [2.05, 4.69) is 5.32 Å². The summed E-state index contributed by atoms with van der Waals surface area (Å²) in [6.07, 6.45) is 1.67. The maximum atomic E-state index is 5.43. The molecule has 0 fully saturated rings. The fourth-order valence-corrected chi connectivity index (χ4v) is 1.86. The number of hydrogen-bond donors (Lipinski definition) is 1. The molecule has 0 saturated carbocycles. The van der Waals surface area contributed by atoms with E-state index in [4.69, 9.17) is 13.9 Å². The number of hydrogen-bond acceptors (Lipinski definition) is 4. The fourth-order valence-electron chi connectivity index (χ4n) is 1.86. The number of furan rings is 1. The second-order valence-electron chi connectivity index (χ2n) is 3.83. The number of ether oxygens (including phenoxy) is 2. The summed E-state index contributed by atoms with van der Waals surface area (Å²) in [5.41, 5.74) is 1.10. The number of nitrogens with one attached hydrogen (secondary N) is 1. The Labute approximate surface area is 99.1 Å². The van der Waals surface area contributed by atoms with E-state index in [1.807, 2.05) is 30.3 Å². The molecule has 1 aliphatic heterocycles. The van der Waals surface area contributed by atoms with Crippen LogP contribution in [0.2, 0.25) is 0 Å². The Morgan fingerprint density at radius 1 is 1.06 bits per heavy atom. The first-order valence-electron chi connectivity index (χ1n) is 5.54. The molecule has 0 bridgehead atoms. The largest absolute Gasteiger partial charge is 0.468 e. The third kappa shape index (κ3) is 2.12. The Morgan fingerprint density at radius 3 is 2.94 bits per heavy atom. The van der Waals surface area contributed by atoms with Gasteiger partial charge in [-0.25, -0.2) is 0 Å². The van der Waals surface area contributed by atoms with Gasteiger partial charge in [-0.3, -0.25) is 0 Å². The van der Waals surface area contributed by atoms with Gasteiger partial charge in [0, 0.05) is 12.1 Å². The van der Waals surface area contributed by atoms with Gasteiger partial charge in [0.05, 0.1) is 12.8 Å². The van der Waals surface area contributed by atoms with Crippen molar-refractivity contribution in [2.45, 2.75) is 13.1 Å². The van der Waals surface area contributed by atoms with Gasteiger partial charge < -0.3 is 19.2 Å². The van der Waals surface area contributed by atoms with Gasteiger partial charge in [0.25, 0.3) is 0 Å². The van der Waals surface area contributed by atoms with Gasteiger partial charge in [-0.1, -0.05) is 12.1 Å². The zero-order valence-corrected chi connectivity index (χ0v) is 9.31. The molecule has 0 radical (unpaired) electrons. The Hall–Kier alpha value is -1.94. The third-order valence-electron chi connectivity index (χ3n) is 2.67. The van der Waals surface area contributed by atoms with Crippen LogP contribution in [0.5, 0.6) is 11.5 Å². The highest BCUT2D eigenvalue weighted by molar-refractivity contribution is 5.48. The monoisotopic (exact) mass is 231 g/mol. The molecule has 2 heterocycles. The molecule has 0 saturated heterocycles. The van der Waals surface area contributed by atoms with Crippen LogP contribution in [0.25, 0.3) is 0 Å². The van der Waals surface area contributed by atoms with Crippen LogP contribution in [-0.4, -0.2) is 6.79 Å². The topological polar surface area (TPSA) is 43.6 Å². The summed E-state index contributed by atoms with van der Waals surface area (Å²) in [7, 11) is 0. The lowest BCUT2D eigenvalue weighted by atomic mass is 10.2. The maximum absolute atomic E-state index is 5.43. The number of para-hydroxylation sites is 1. The summed E-state index contributed by atoms with van der Waals surface area (Å²) in [6.45, 7) is 1.75. The van der Waals surface area contributed by atoms with Crippen molar-refractivity contribution in [3.05, 3.63) is 47.9 Å². The quantitative estimate of drug-likeness (QED) is 0.876. The lowest BCUT2D eigenvalue weighted by Crippen LogP contribution is -2.12. The lowest BCUT2D eigenvalue weighted by molar-refractivity contribution is 0.173. The summed E-state index contributed by atoms with van der Waals surface area (Å²) in [6, 6.07) is 9.74. The molecule has 0 spiro atoms. The van der Waals surface area contributed by atoms with Crippen molar-refractivity contribution in [2.24, 2.45) is 0 Å². The molecule has 88 valence electrons. The van der Waals surface area contributed by atoms with Gasteiger partial charge in [0.1, 0.15) is 5.76 Å². The van der Waals surface area contributed by atoms with Crippen molar-refractivity contribution in [1.29, 1.82) is 0 Å². The van der Waals surface area contributed by atoms with E-state index in [1.165, 1.54) is 0 Å². The highest BCUT2D eigenvalue weighted by Crippen LogP contribution is 2.35. The van der Waals surface area contributed by atoms with Crippen LogP contribution in [0.4, 0.5) is 0 Å². The first-order chi connectivity index (χ1) is 8.43. The number of benzene rings is 1. The van der Waals surface area contributed by atoms with E-state index in [1.54, 1.807) is 6.26 Å². The highest BCUT2D eigenvalue weighted by atomic mass is 16.7. The van der Waals surface area contributed by atoms with Crippen LogP contribution in [0.3, 0.4) is 0 Å². The zero-order valence-electron chi connectivity index (χ0n) is 9.31. The second kappa shape index (κ2) is 4.51. The van der Waals surface area contributed by atoms with Gasteiger partial charge in [0.2, 0.25) is 6.79 Å². The van der Waals surface area contributed by atoms with Crippen LogP contribution in [0.1, 0.15) is 11.3 Å². The van der Waals surface area contributed by atoms with Crippen LogP contribution >= 0.6 is 0 Å². The van der Waals surface area contributed by atoms with Crippen molar-refractivity contribution in [1.82, 2.24) is 5.32 Å². The van der Waals surface area contributed by atoms with E-state index < -0.39 is 0 Å². The predicted molar refractivity (Wildman–Crippen MR) is 61.8 cm³/mol. The molecular weight excluding hydrogens is 218 g/mol. The predicted octanol–water partition coefficient (Wildman–Crippen LogP) is 2.30. The first-order valence-corrected chi connectivity index (χ1v) is 5.54. The molecule has 1 aromatic carbocycles. The Morgan fingerprint density at radius 2 is 2.06 bits per heavy atom. The van der Waals surface area contributed by atoms with E-state index in [0.29, 0.717) is 13.3 Å². The van der Waals surface area contributed by atoms with Crippen molar-refractivity contribution < 1.29 is 13.9 Å². The molecule has 0 unspecified atom stereocenters. The third-order valence-corrected chi connectivity index (χ3v) is 2.67. The standard InChI is InChI=1S/C13H13NO3/c1-3-10(13-12(5-1)16-9-17-13)7-14-8-11-4-2-6-15-11/h1-6,14H,7-9H2. The molecular formula is C13H13NO3. The Kier molecular flexibility index (Phi) is 2.71. The SMILES string of the molecule is c1coc(CNCc2cccc3c2OCO3)c1. The van der Waals surface area contributed by atoms with E-state index in [0.717, 1.165) is 29.4 Å². The molecule has 4 heteroatoms. The molecule has 4 nitrogen and oxygen atoms in total. The summed E-state index contributed by atoms with van der Waals surface area (Å²) in [4.78, 5) is 0. The average molecular weight is 231 g/mol. The van der Waals surface area contributed by atoms with Crippen molar-refractivity contribution in [2.75, 3.05) is 6.79 Å². The fraction of sp³-hybridized carbons (Fsp3) is 0.231. The number of rotatable bonds is 4. The second-order valence-corrected chi connectivity index (χ2v) is 3.83. The minimum absolute atomic E-state index is 0.310. The summed E-state index contributed by atoms with van der Waals surface area (Å²) in [5.74, 6) is 2.59. The van der Waals surface area contributed by atoms with Gasteiger partial charge in [-0.2, -0.15) is 0 Å². The summed E-state index contributed by atoms with van der Waals surface area (Å²) >= 11 is 0. The normalized spacial score (nSPS) is 12.9. The zero-order chi connectivity index (χ0) is 11.5. The Balaban J connectivity index is 1.64. The molecule has 3 rings (SSSR count). The van der Waals surface area contributed by atoms with Crippen LogP contribution in [0.15, 0.2) is 41.0 Å². The van der Waals surface area contributed by atoms with Crippen molar-refractivity contribution in [3.63, 3.8) is 0 Å². The van der Waals surface area contributed by atoms with Crippen LogP contribution in [-0.2, 0) is 13.1 Å². The molecule has 2 aromatic rings. The highest BCUT2D eigenvalue weighted by Gasteiger charge is 2.16. The van der Waals surface area contributed by atoms with Crippen molar-refractivity contribution >= 4 is 0 Å². The Bertz CT molecular complexity index is 493.